The third-order valence-corrected chi connectivity index (χ3v) is 4.37. The number of carbonyl (C=O) groups is 2. The molecule has 5 fully saturated rings. The van der Waals surface area contributed by atoms with Crippen molar-refractivity contribution < 1.29 is 9.59 Å². The minimum absolute atomic E-state index is 0.0368. The second-order valence-electron chi connectivity index (χ2n) is 4.55. The van der Waals surface area contributed by atoms with Crippen LogP contribution in [-0.2, 0) is 0 Å². The first kappa shape index (κ1) is 6.92. The van der Waals surface area contributed by atoms with Gasteiger partial charge in [0, 0.05) is 7.05 Å². The summed E-state index contributed by atoms with van der Waals surface area (Å²) in [6.45, 7) is 3.35. The van der Waals surface area contributed by atoms with E-state index in [0.29, 0.717) is 13.2 Å². The van der Waals surface area contributed by atoms with Crippen molar-refractivity contribution in [2.24, 2.45) is 0 Å². The molecule has 2 bridgehead atoms. The van der Waals surface area contributed by atoms with E-state index in [1.165, 1.54) is 0 Å². The molecule has 4 amide bonds. The summed E-state index contributed by atoms with van der Waals surface area (Å²) >= 11 is 0. The molecule has 5 heterocycles. The number of carbonyl (C=O) groups excluding carboxylic acids is 2. The quantitative estimate of drug-likeness (QED) is 0.487. The Kier molecular flexibility index (Phi) is 0.679. The highest BCUT2D eigenvalue weighted by Crippen LogP contribution is 2.63. The van der Waals surface area contributed by atoms with Crippen LogP contribution in [0, 0.1) is 0 Å². The van der Waals surface area contributed by atoms with Gasteiger partial charge in [-0.15, -0.1) is 0 Å². The van der Waals surface area contributed by atoms with E-state index < -0.39 is 5.66 Å². The van der Waals surface area contributed by atoms with E-state index in [2.05, 4.69) is 0 Å². The monoisotopic (exact) mass is 194 g/mol. The zero-order valence-corrected chi connectivity index (χ0v) is 8.02. The third-order valence-electron chi connectivity index (χ3n) is 4.37. The first-order chi connectivity index (χ1) is 6.55. The highest BCUT2D eigenvalue weighted by molar-refractivity contribution is 5.94. The minimum atomic E-state index is -0.429. The SMILES string of the molecule is CN1C(=O)N2CC23N2CN(C2=O)C13C. The van der Waals surface area contributed by atoms with E-state index in [1.54, 1.807) is 26.6 Å². The van der Waals surface area contributed by atoms with Crippen LogP contribution in [0.5, 0.6) is 0 Å². The lowest BCUT2D eigenvalue weighted by molar-refractivity contribution is 0.0497. The Morgan fingerprint density at radius 3 is 2.43 bits per heavy atom. The maximum atomic E-state index is 11.7. The number of rotatable bonds is 0. The molecule has 0 radical (unpaired) electrons. The standard InChI is InChI=1S/C8H10N4O2/c1-7-8(12-4-11(7)6(12)14)3-10(8)5(13)9(7)2/h3-4H2,1-2H3. The molecule has 0 N–H and O–H groups in total. The van der Waals surface area contributed by atoms with Crippen LogP contribution >= 0.6 is 0 Å². The van der Waals surface area contributed by atoms with Crippen LogP contribution in [-0.4, -0.2) is 63.2 Å². The molecule has 6 nitrogen and oxygen atoms in total. The van der Waals surface area contributed by atoms with Crippen molar-refractivity contribution >= 4 is 12.1 Å². The van der Waals surface area contributed by atoms with E-state index in [0.717, 1.165) is 0 Å². The molecule has 0 saturated carbocycles. The van der Waals surface area contributed by atoms with Crippen LogP contribution in [0.15, 0.2) is 0 Å². The van der Waals surface area contributed by atoms with Crippen molar-refractivity contribution in [3.8, 4) is 0 Å². The van der Waals surface area contributed by atoms with Crippen molar-refractivity contribution in [1.29, 1.82) is 0 Å². The zero-order chi connectivity index (χ0) is 9.88. The van der Waals surface area contributed by atoms with Gasteiger partial charge in [-0.25, -0.2) is 9.59 Å². The summed E-state index contributed by atoms with van der Waals surface area (Å²) in [6, 6.07) is 0.101. The first-order valence-electron chi connectivity index (χ1n) is 4.70. The van der Waals surface area contributed by atoms with Gasteiger partial charge in [0.15, 0.2) is 11.3 Å². The van der Waals surface area contributed by atoms with Crippen LogP contribution < -0.4 is 0 Å². The largest absolute Gasteiger partial charge is 0.326 e. The third kappa shape index (κ3) is 0.322. The van der Waals surface area contributed by atoms with E-state index in [1.807, 2.05) is 6.92 Å². The normalized spacial score (nSPS) is 47.0. The highest BCUT2D eigenvalue weighted by Gasteiger charge is 2.88. The molecule has 0 aromatic rings. The van der Waals surface area contributed by atoms with E-state index in [9.17, 15) is 9.59 Å². The molecule has 74 valence electrons. The fourth-order valence-electron chi connectivity index (χ4n) is 3.27. The van der Waals surface area contributed by atoms with Gasteiger partial charge >= 0.3 is 12.1 Å². The first-order valence-corrected chi connectivity index (χ1v) is 4.70. The molecule has 5 rings (SSSR count). The van der Waals surface area contributed by atoms with Crippen LogP contribution in [0.4, 0.5) is 9.59 Å². The summed E-state index contributed by atoms with van der Waals surface area (Å²) in [6.07, 6.45) is 0. The summed E-state index contributed by atoms with van der Waals surface area (Å²) in [5, 5.41) is 0. The second-order valence-corrected chi connectivity index (χ2v) is 4.55. The molecule has 0 aromatic heterocycles. The zero-order valence-electron chi connectivity index (χ0n) is 8.02. The number of hydrogen-bond donors (Lipinski definition) is 0. The van der Waals surface area contributed by atoms with Crippen molar-refractivity contribution in [3.05, 3.63) is 0 Å². The van der Waals surface area contributed by atoms with Gasteiger partial charge in [0.1, 0.15) is 6.67 Å². The number of amides is 4. The van der Waals surface area contributed by atoms with Crippen LogP contribution in [0.1, 0.15) is 6.92 Å². The van der Waals surface area contributed by atoms with E-state index in [-0.39, 0.29) is 17.7 Å². The molecule has 14 heavy (non-hydrogen) atoms. The molecule has 6 heteroatoms. The Morgan fingerprint density at radius 1 is 1.14 bits per heavy atom. The number of urea groups is 2. The Balaban J connectivity index is 1.98. The summed E-state index contributed by atoms with van der Waals surface area (Å²) in [4.78, 5) is 30.4. The number of likely N-dealkylation sites (N-methyl/N-ethyl adjacent to an activating group) is 1. The smallest absolute Gasteiger partial charge is 0.300 e. The molecule has 1 spiro atoms. The van der Waals surface area contributed by atoms with Gasteiger partial charge in [0.2, 0.25) is 0 Å². The minimum Gasteiger partial charge on any atom is -0.300 e. The molecule has 5 aliphatic rings. The van der Waals surface area contributed by atoms with Crippen LogP contribution in [0.3, 0.4) is 0 Å². The lowest BCUT2D eigenvalue weighted by Gasteiger charge is -2.38. The Labute approximate surface area is 80.6 Å². The van der Waals surface area contributed by atoms with Crippen molar-refractivity contribution in [2.45, 2.75) is 18.2 Å². The van der Waals surface area contributed by atoms with Crippen LogP contribution in [0.25, 0.3) is 0 Å². The molecule has 2 atom stereocenters. The Morgan fingerprint density at radius 2 is 1.86 bits per heavy atom. The van der Waals surface area contributed by atoms with Crippen molar-refractivity contribution in [1.82, 2.24) is 19.6 Å². The lowest BCUT2D eigenvalue weighted by atomic mass is 10.1. The van der Waals surface area contributed by atoms with E-state index in [4.69, 9.17) is 0 Å². The maximum absolute atomic E-state index is 11.7. The molecule has 5 saturated heterocycles. The van der Waals surface area contributed by atoms with Gasteiger partial charge in [-0.3, -0.25) is 14.7 Å². The number of hydrogen-bond acceptors (Lipinski definition) is 2. The Bertz CT molecular complexity index is 406. The van der Waals surface area contributed by atoms with Crippen molar-refractivity contribution in [3.63, 3.8) is 0 Å². The molecular weight excluding hydrogens is 184 g/mol. The summed E-state index contributed by atoms with van der Waals surface area (Å²) in [7, 11) is 1.77. The molecule has 2 unspecified atom stereocenters. The molecule has 0 aliphatic carbocycles. The fraction of sp³-hybridized carbons (Fsp3) is 0.750. The average Bonchev–Trinajstić information content (AvgIpc) is 2.72. The predicted molar refractivity (Wildman–Crippen MR) is 44.9 cm³/mol. The van der Waals surface area contributed by atoms with Gasteiger partial charge in [0.05, 0.1) is 6.54 Å². The number of nitrogens with zero attached hydrogens (tertiary/aromatic N) is 4. The van der Waals surface area contributed by atoms with Gasteiger partial charge in [-0.05, 0) is 6.92 Å². The predicted octanol–water partition coefficient (Wildman–Crippen LogP) is -0.511. The average molecular weight is 194 g/mol. The lowest BCUT2D eigenvalue weighted by Crippen LogP contribution is -2.59. The topological polar surface area (TPSA) is 46.9 Å². The van der Waals surface area contributed by atoms with Gasteiger partial charge in [0.25, 0.3) is 0 Å². The Hall–Kier alpha value is -1.46. The maximum Gasteiger partial charge on any atom is 0.326 e. The fourth-order valence-corrected chi connectivity index (χ4v) is 3.27. The van der Waals surface area contributed by atoms with Gasteiger partial charge < -0.3 is 4.90 Å². The second kappa shape index (κ2) is 1.37. The van der Waals surface area contributed by atoms with Gasteiger partial charge in [-0.2, -0.15) is 0 Å². The molecule has 0 aromatic carbocycles. The highest BCUT2D eigenvalue weighted by atomic mass is 16.2. The molecular formula is C8H10N4O2. The van der Waals surface area contributed by atoms with Crippen molar-refractivity contribution in [2.75, 3.05) is 20.3 Å². The summed E-state index contributed by atoms with van der Waals surface area (Å²) in [5.74, 6) is 0. The summed E-state index contributed by atoms with van der Waals surface area (Å²) < 4.78 is 0. The molecule has 5 aliphatic heterocycles. The van der Waals surface area contributed by atoms with Gasteiger partial charge in [-0.1, -0.05) is 0 Å². The van der Waals surface area contributed by atoms with Crippen LogP contribution in [0.2, 0.25) is 0 Å². The van der Waals surface area contributed by atoms with E-state index >= 15 is 0 Å². The summed E-state index contributed by atoms with van der Waals surface area (Å²) in [5.41, 5.74) is -0.753.